The summed E-state index contributed by atoms with van der Waals surface area (Å²) in [6, 6.07) is -0.934. The lowest BCUT2D eigenvalue weighted by atomic mass is 10.1. The van der Waals surface area contributed by atoms with Crippen molar-refractivity contribution in [2.45, 2.75) is 238 Å². The van der Waals surface area contributed by atoms with Crippen LogP contribution in [0.15, 0.2) is 170 Å². The number of phosphoric acid groups is 1. The summed E-state index contributed by atoms with van der Waals surface area (Å²) in [5, 5.41) is 13.9. The summed E-state index contributed by atoms with van der Waals surface area (Å²) in [5.41, 5.74) is 0. The molecule has 1 amide bonds. The van der Waals surface area contributed by atoms with Gasteiger partial charge in [0.05, 0.1) is 39.9 Å². The first kappa shape index (κ1) is 76.9. The standard InChI is InChI=1S/C72H119N2O6P/c1-6-8-10-12-14-16-18-20-22-24-26-28-29-30-31-32-33-34-35-36-37-38-39-40-41-42-43-44-45-46-48-50-52-54-56-58-60-62-64-66-72(76)73-70(69-80-81(77,78)79-68-67-74(3,4)5)71(75)65-63-61-59-57-55-53-51-49-47-27-25-23-21-19-17-15-13-11-9-7-2/h8,10,14,16,20,22,26,28,30-31,33-34,36-37,39-40,42-43,45-47,49-50,52,55,57,63,65,70-71,75H,6-7,9,11-13,15,17-19,21,23-25,27,29,32,35,38,41,44,48,51,53-54,56,58-62,64,66-69H2,1-5H3,(H-,73,76,77,78)/b10-8-,16-14-,22-20-,28-26-,31-30-,34-33-,37-36-,40-39-,43-42-,46-45-,49-47+,52-50-,57-55+,65-63+. The Morgan fingerprint density at radius 3 is 1.15 bits per heavy atom. The monoisotopic (exact) mass is 1140 g/mol. The first-order chi connectivity index (χ1) is 39.5. The van der Waals surface area contributed by atoms with Crippen LogP contribution in [0.1, 0.15) is 226 Å². The van der Waals surface area contributed by atoms with Crippen molar-refractivity contribution in [1.82, 2.24) is 5.32 Å². The number of unbranched alkanes of at least 4 members (excludes halogenated alkanes) is 17. The zero-order valence-electron chi connectivity index (χ0n) is 52.2. The molecule has 0 aliphatic carbocycles. The number of allylic oxidation sites excluding steroid dienone is 27. The molecule has 458 valence electrons. The highest BCUT2D eigenvalue weighted by molar-refractivity contribution is 7.45. The lowest BCUT2D eigenvalue weighted by molar-refractivity contribution is -0.870. The summed E-state index contributed by atoms with van der Waals surface area (Å²) in [4.78, 5) is 25.5. The highest BCUT2D eigenvalue weighted by atomic mass is 31.2. The van der Waals surface area contributed by atoms with Gasteiger partial charge in [0.1, 0.15) is 13.2 Å². The predicted molar refractivity (Wildman–Crippen MR) is 352 cm³/mol. The Labute approximate surface area is 498 Å². The number of carbonyl (C=O) groups is 1. The van der Waals surface area contributed by atoms with Crippen molar-refractivity contribution >= 4 is 13.7 Å². The van der Waals surface area contributed by atoms with E-state index in [1.165, 1.54) is 70.6 Å². The van der Waals surface area contributed by atoms with E-state index >= 15 is 0 Å². The molecule has 0 aliphatic rings. The van der Waals surface area contributed by atoms with Crippen LogP contribution in [0.2, 0.25) is 0 Å². The van der Waals surface area contributed by atoms with Crippen molar-refractivity contribution < 1.29 is 32.9 Å². The third-order valence-corrected chi connectivity index (χ3v) is 14.1. The number of aliphatic hydroxyl groups excluding tert-OH is 1. The maximum Gasteiger partial charge on any atom is 0.268 e. The lowest BCUT2D eigenvalue weighted by Crippen LogP contribution is -2.45. The summed E-state index contributed by atoms with van der Waals surface area (Å²) in [5.74, 6) is -0.237. The maximum atomic E-state index is 13.0. The van der Waals surface area contributed by atoms with E-state index in [0.29, 0.717) is 17.4 Å². The molecule has 0 heterocycles. The molecule has 0 rings (SSSR count). The Bertz CT molecular complexity index is 1920. The highest BCUT2D eigenvalue weighted by Gasteiger charge is 2.23. The SMILES string of the molecule is CC/C=C\C/C=C\C/C=C\C/C=C\C/C=C\C/C=C\C/C=C\C/C=C\C/C=C\C/C=C\C/C=C\CCCCCCCC(=O)NC(COP(=O)([O-])OCC[N+](C)(C)C)C(O)/C=C/CC/C=C/CC/C=C/CCCCCCCCCCCC. The van der Waals surface area contributed by atoms with Gasteiger partial charge >= 0.3 is 0 Å². The molecule has 0 bridgehead atoms. The molecule has 3 atom stereocenters. The number of hydrogen-bond donors (Lipinski definition) is 2. The van der Waals surface area contributed by atoms with E-state index < -0.39 is 26.6 Å². The van der Waals surface area contributed by atoms with Crippen molar-refractivity contribution in [2.24, 2.45) is 0 Å². The molecule has 0 saturated carbocycles. The minimum Gasteiger partial charge on any atom is -0.756 e. The van der Waals surface area contributed by atoms with Crippen LogP contribution in [0, 0.1) is 0 Å². The van der Waals surface area contributed by atoms with Crippen LogP contribution in [0.3, 0.4) is 0 Å². The van der Waals surface area contributed by atoms with E-state index in [-0.39, 0.29) is 12.5 Å². The van der Waals surface area contributed by atoms with E-state index in [0.717, 1.165) is 135 Å². The molecule has 9 heteroatoms. The summed E-state index contributed by atoms with van der Waals surface area (Å²) in [6.07, 6.45) is 95.9. The molecule has 0 radical (unpaired) electrons. The van der Waals surface area contributed by atoms with E-state index in [9.17, 15) is 19.4 Å². The molecular weight excluding hydrogens is 1020 g/mol. The van der Waals surface area contributed by atoms with Crippen LogP contribution in [0.4, 0.5) is 0 Å². The van der Waals surface area contributed by atoms with Gasteiger partial charge in [-0.1, -0.05) is 261 Å². The molecule has 0 saturated heterocycles. The van der Waals surface area contributed by atoms with Gasteiger partial charge in [0, 0.05) is 6.42 Å². The predicted octanol–water partition coefficient (Wildman–Crippen LogP) is 19.7. The summed E-state index contributed by atoms with van der Waals surface area (Å²) in [6.45, 7) is 4.47. The molecule has 0 aromatic carbocycles. The number of nitrogens with zero attached hydrogens (tertiary/aromatic N) is 1. The number of aliphatic hydroxyl groups is 1. The molecule has 8 nitrogen and oxygen atoms in total. The Kier molecular flexibility index (Phi) is 57.4. The van der Waals surface area contributed by atoms with Crippen LogP contribution in [-0.2, 0) is 18.4 Å². The number of nitrogens with one attached hydrogen (secondary N) is 1. The normalized spacial score (nSPS) is 14.9. The van der Waals surface area contributed by atoms with Gasteiger partial charge in [0.25, 0.3) is 7.82 Å². The van der Waals surface area contributed by atoms with Crippen molar-refractivity contribution in [1.29, 1.82) is 0 Å². The Balaban J connectivity index is 4.28. The van der Waals surface area contributed by atoms with Gasteiger partial charge in [-0.3, -0.25) is 9.36 Å². The third-order valence-electron chi connectivity index (χ3n) is 13.1. The third kappa shape index (κ3) is 63.3. The number of carbonyl (C=O) groups excluding carboxylic acids is 1. The zero-order chi connectivity index (χ0) is 59.1. The van der Waals surface area contributed by atoms with Gasteiger partial charge in [-0.2, -0.15) is 0 Å². The van der Waals surface area contributed by atoms with E-state index in [1.54, 1.807) is 6.08 Å². The van der Waals surface area contributed by atoms with Crippen molar-refractivity contribution in [3.8, 4) is 0 Å². The Morgan fingerprint density at radius 1 is 0.444 bits per heavy atom. The molecular formula is C72H119N2O6P. The summed E-state index contributed by atoms with van der Waals surface area (Å²) < 4.78 is 23.3. The van der Waals surface area contributed by atoms with E-state index in [1.807, 2.05) is 27.2 Å². The van der Waals surface area contributed by atoms with Gasteiger partial charge < -0.3 is 28.8 Å². The fraction of sp³-hybridized carbons (Fsp3) is 0.597. The number of amides is 1. The van der Waals surface area contributed by atoms with Crippen LogP contribution >= 0.6 is 7.82 Å². The molecule has 81 heavy (non-hydrogen) atoms. The van der Waals surface area contributed by atoms with Crippen LogP contribution in [0.25, 0.3) is 0 Å². The maximum absolute atomic E-state index is 13.0. The lowest BCUT2D eigenvalue weighted by Gasteiger charge is -2.29. The smallest absolute Gasteiger partial charge is 0.268 e. The second-order valence-electron chi connectivity index (χ2n) is 22.0. The van der Waals surface area contributed by atoms with Crippen LogP contribution in [0.5, 0.6) is 0 Å². The van der Waals surface area contributed by atoms with E-state index in [2.05, 4.69) is 177 Å². The van der Waals surface area contributed by atoms with Crippen LogP contribution < -0.4 is 10.2 Å². The van der Waals surface area contributed by atoms with Gasteiger partial charge in [-0.25, -0.2) is 0 Å². The second kappa shape index (κ2) is 60.5. The molecule has 0 aliphatic heterocycles. The Hall–Kier alpha value is -4.14. The first-order valence-electron chi connectivity index (χ1n) is 32.0. The van der Waals surface area contributed by atoms with Crippen molar-refractivity contribution in [3.05, 3.63) is 170 Å². The molecule has 3 unspecified atom stereocenters. The quantitative estimate of drug-likeness (QED) is 0.0272. The van der Waals surface area contributed by atoms with Crippen molar-refractivity contribution in [3.63, 3.8) is 0 Å². The average Bonchev–Trinajstić information content (AvgIpc) is 3.43. The average molecular weight is 1140 g/mol. The van der Waals surface area contributed by atoms with Gasteiger partial charge in [0.2, 0.25) is 5.91 Å². The van der Waals surface area contributed by atoms with Crippen LogP contribution in [-0.4, -0.2) is 68.5 Å². The second-order valence-corrected chi connectivity index (χ2v) is 23.4. The first-order valence-corrected chi connectivity index (χ1v) is 33.5. The fourth-order valence-electron chi connectivity index (χ4n) is 8.19. The number of rotatable bonds is 56. The molecule has 0 fully saturated rings. The largest absolute Gasteiger partial charge is 0.756 e. The van der Waals surface area contributed by atoms with Gasteiger partial charge in [0.15, 0.2) is 0 Å². The molecule has 0 spiro atoms. The topological polar surface area (TPSA) is 108 Å². The van der Waals surface area contributed by atoms with Gasteiger partial charge in [-0.15, -0.1) is 0 Å². The minimum absolute atomic E-state index is 0.0224. The number of likely N-dealkylation sites (N-methyl/N-ethyl adjacent to an activating group) is 1. The summed E-state index contributed by atoms with van der Waals surface area (Å²) >= 11 is 0. The van der Waals surface area contributed by atoms with E-state index in [4.69, 9.17) is 9.05 Å². The highest BCUT2D eigenvalue weighted by Crippen LogP contribution is 2.38. The van der Waals surface area contributed by atoms with Gasteiger partial charge in [-0.05, 0) is 128 Å². The number of quaternary nitrogens is 1. The zero-order valence-corrected chi connectivity index (χ0v) is 53.1. The molecule has 2 N–H and O–H groups in total. The summed E-state index contributed by atoms with van der Waals surface area (Å²) in [7, 11) is 1.20. The molecule has 0 aromatic rings. The molecule has 0 aromatic heterocycles. The van der Waals surface area contributed by atoms with Crippen molar-refractivity contribution in [2.75, 3.05) is 40.9 Å². The number of hydrogen-bond acceptors (Lipinski definition) is 6. The Morgan fingerprint density at radius 2 is 0.765 bits per heavy atom. The minimum atomic E-state index is -4.63. The fourth-order valence-corrected chi connectivity index (χ4v) is 8.91. The number of phosphoric ester groups is 1.